The summed E-state index contributed by atoms with van der Waals surface area (Å²) < 4.78 is 0. The maximum absolute atomic E-state index is 10.0. The predicted molar refractivity (Wildman–Crippen MR) is 105 cm³/mol. The van der Waals surface area contributed by atoms with Gasteiger partial charge in [-0.25, -0.2) is 0 Å². The normalized spacial score (nSPS) is 15.4. The highest BCUT2D eigenvalue weighted by Crippen LogP contribution is 2.39. The molecule has 2 N–H and O–H groups in total. The smallest absolute Gasteiger partial charge is 0.117 e. The lowest BCUT2D eigenvalue weighted by molar-refractivity contribution is 0.474. The van der Waals surface area contributed by atoms with Crippen molar-refractivity contribution >= 4 is 16.8 Å². The molecule has 2 aromatic rings. The van der Waals surface area contributed by atoms with Crippen LogP contribution in [0.3, 0.4) is 0 Å². The molecule has 0 unspecified atom stereocenters. The summed E-state index contributed by atoms with van der Waals surface area (Å²) in [5, 5.41) is 19.6. The van der Waals surface area contributed by atoms with Crippen LogP contribution in [0.4, 0.5) is 5.69 Å². The Bertz CT molecular complexity index is 756. The maximum Gasteiger partial charge on any atom is 0.117 e. The van der Waals surface area contributed by atoms with Crippen molar-refractivity contribution in [3.8, 4) is 11.5 Å². The van der Waals surface area contributed by atoms with Crippen molar-refractivity contribution in [3.63, 3.8) is 0 Å². The zero-order chi connectivity index (χ0) is 17.8. The van der Waals surface area contributed by atoms with Crippen molar-refractivity contribution in [1.82, 2.24) is 0 Å². The molecule has 1 aliphatic rings. The number of benzene rings is 2. The minimum Gasteiger partial charge on any atom is -0.508 e. The average molecular weight is 337 g/mol. The molecule has 0 radical (unpaired) electrons. The van der Waals surface area contributed by atoms with E-state index in [1.54, 1.807) is 18.2 Å². The quantitative estimate of drug-likeness (QED) is 0.715. The lowest BCUT2D eigenvalue weighted by Crippen LogP contribution is -2.19. The first kappa shape index (κ1) is 17.4. The van der Waals surface area contributed by atoms with E-state index in [1.807, 2.05) is 18.2 Å². The standard InChI is InChI=1S/C22H27NO2/c1-3-19(16-7-9-17(24)10-8-16)20(4-2)21-12-11-18(25)15-22(21)23-13-5-6-14-23/h7-12,15,24-25H,3-6,13-14H2,1-2H3. The van der Waals surface area contributed by atoms with E-state index in [4.69, 9.17) is 0 Å². The molecule has 0 amide bonds. The van der Waals surface area contributed by atoms with Gasteiger partial charge in [0.1, 0.15) is 11.5 Å². The molecular formula is C22H27NO2. The predicted octanol–water partition coefficient (Wildman–Crippen LogP) is 5.43. The van der Waals surface area contributed by atoms with Crippen LogP contribution in [0.1, 0.15) is 50.7 Å². The number of allylic oxidation sites excluding steroid dienone is 2. The molecule has 3 heteroatoms. The van der Waals surface area contributed by atoms with Crippen LogP contribution in [-0.2, 0) is 0 Å². The van der Waals surface area contributed by atoms with Gasteiger partial charge in [-0.3, -0.25) is 0 Å². The van der Waals surface area contributed by atoms with Crippen molar-refractivity contribution in [3.05, 3.63) is 53.6 Å². The van der Waals surface area contributed by atoms with Crippen molar-refractivity contribution in [1.29, 1.82) is 0 Å². The minimum absolute atomic E-state index is 0.291. The van der Waals surface area contributed by atoms with Crippen LogP contribution in [0, 0.1) is 0 Å². The van der Waals surface area contributed by atoms with E-state index in [0.29, 0.717) is 11.5 Å². The van der Waals surface area contributed by atoms with Gasteiger partial charge in [0.05, 0.1) is 0 Å². The number of rotatable bonds is 5. The van der Waals surface area contributed by atoms with Crippen molar-refractivity contribution < 1.29 is 10.2 Å². The van der Waals surface area contributed by atoms with Gasteiger partial charge in [-0.2, -0.15) is 0 Å². The second-order valence-corrected chi connectivity index (χ2v) is 6.61. The van der Waals surface area contributed by atoms with Crippen molar-refractivity contribution in [2.24, 2.45) is 0 Å². The van der Waals surface area contributed by atoms with Gasteiger partial charge in [-0.05, 0) is 66.7 Å². The molecule has 1 fully saturated rings. The van der Waals surface area contributed by atoms with Gasteiger partial charge in [0.2, 0.25) is 0 Å². The fraction of sp³-hybridized carbons (Fsp3) is 0.364. The maximum atomic E-state index is 10.0. The number of phenols is 2. The SMILES string of the molecule is CCC(=C(CC)c1ccc(O)cc1N1CCCC1)c1ccc(O)cc1. The number of phenolic OH excluding ortho intramolecular Hbond substituents is 2. The molecule has 132 valence electrons. The number of anilines is 1. The highest BCUT2D eigenvalue weighted by Gasteiger charge is 2.19. The molecule has 25 heavy (non-hydrogen) atoms. The number of hydrogen-bond acceptors (Lipinski definition) is 3. The van der Waals surface area contributed by atoms with E-state index in [0.717, 1.165) is 37.2 Å². The average Bonchev–Trinajstić information content (AvgIpc) is 3.15. The van der Waals surface area contributed by atoms with Crippen LogP contribution >= 0.6 is 0 Å². The topological polar surface area (TPSA) is 43.7 Å². The van der Waals surface area contributed by atoms with E-state index in [1.165, 1.54) is 29.6 Å². The van der Waals surface area contributed by atoms with E-state index in [-0.39, 0.29) is 0 Å². The Morgan fingerprint density at radius 3 is 2.04 bits per heavy atom. The summed E-state index contributed by atoms with van der Waals surface area (Å²) in [6, 6.07) is 13.2. The summed E-state index contributed by atoms with van der Waals surface area (Å²) in [5.74, 6) is 0.614. The first-order valence-corrected chi connectivity index (χ1v) is 9.23. The molecule has 0 spiro atoms. The van der Waals surface area contributed by atoms with Crippen LogP contribution in [0.5, 0.6) is 11.5 Å². The molecule has 3 rings (SSSR count). The molecule has 0 saturated carbocycles. The van der Waals surface area contributed by atoms with Crippen molar-refractivity contribution in [2.75, 3.05) is 18.0 Å². The summed E-state index contributed by atoms with van der Waals surface area (Å²) >= 11 is 0. The summed E-state index contributed by atoms with van der Waals surface area (Å²) in [4.78, 5) is 2.38. The van der Waals surface area contributed by atoms with Gasteiger partial charge < -0.3 is 15.1 Å². The third-order valence-electron chi connectivity index (χ3n) is 5.04. The second-order valence-electron chi connectivity index (χ2n) is 6.61. The number of nitrogens with zero attached hydrogens (tertiary/aromatic N) is 1. The van der Waals surface area contributed by atoms with Crippen LogP contribution < -0.4 is 4.90 Å². The van der Waals surface area contributed by atoms with E-state index < -0.39 is 0 Å². The summed E-state index contributed by atoms with van der Waals surface area (Å²) in [5.41, 5.74) is 6.12. The highest BCUT2D eigenvalue weighted by molar-refractivity contribution is 5.94. The van der Waals surface area contributed by atoms with E-state index in [2.05, 4.69) is 24.8 Å². The summed E-state index contributed by atoms with van der Waals surface area (Å²) in [6.07, 6.45) is 4.27. The third-order valence-corrected chi connectivity index (χ3v) is 5.04. The summed E-state index contributed by atoms with van der Waals surface area (Å²) in [6.45, 7) is 6.46. The van der Waals surface area contributed by atoms with Gasteiger partial charge in [0.25, 0.3) is 0 Å². The Morgan fingerprint density at radius 2 is 1.44 bits per heavy atom. The Labute approximate surface area is 150 Å². The molecule has 0 aliphatic carbocycles. The Morgan fingerprint density at radius 1 is 0.840 bits per heavy atom. The van der Waals surface area contributed by atoms with Gasteiger partial charge in [0.15, 0.2) is 0 Å². The van der Waals surface area contributed by atoms with Gasteiger partial charge >= 0.3 is 0 Å². The summed E-state index contributed by atoms with van der Waals surface area (Å²) in [7, 11) is 0. The lowest BCUT2D eigenvalue weighted by atomic mass is 9.90. The van der Waals surface area contributed by atoms with Crippen LogP contribution in [0.2, 0.25) is 0 Å². The molecular weight excluding hydrogens is 310 g/mol. The Hall–Kier alpha value is -2.42. The fourth-order valence-corrected chi connectivity index (χ4v) is 3.82. The molecule has 3 nitrogen and oxygen atoms in total. The minimum atomic E-state index is 0.291. The molecule has 0 aromatic heterocycles. The number of hydrogen-bond donors (Lipinski definition) is 2. The first-order chi connectivity index (χ1) is 12.1. The van der Waals surface area contributed by atoms with Crippen LogP contribution in [0.15, 0.2) is 42.5 Å². The largest absolute Gasteiger partial charge is 0.508 e. The molecule has 2 aromatic carbocycles. The van der Waals surface area contributed by atoms with Crippen molar-refractivity contribution in [2.45, 2.75) is 39.5 Å². The van der Waals surface area contributed by atoms with E-state index >= 15 is 0 Å². The van der Waals surface area contributed by atoms with E-state index in [9.17, 15) is 10.2 Å². The zero-order valence-electron chi connectivity index (χ0n) is 15.1. The monoisotopic (exact) mass is 337 g/mol. The highest BCUT2D eigenvalue weighted by atomic mass is 16.3. The third kappa shape index (κ3) is 3.65. The van der Waals surface area contributed by atoms with Crippen LogP contribution in [-0.4, -0.2) is 23.3 Å². The Kier molecular flexibility index (Phi) is 5.32. The molecule has 0 atom stereocenters. The fourth-order valence-electron chi connectivity index (χ4n) is 3.82. The lowest BCUT2D eigenvalue weighted by Gasteiger charge is -2.24. The Balaban J connectivity index is 2.14. The van der Waals surface area contributed by atoms with Gasteiger partial charge in [-0.15, -0.1) is 0 Å². The number of aromatic hydroxyl groups is 2. The molecule has 1 heterocycles. The molecule has 0 bridgehead atoms. The second kappa shape index (κ2) is 7.64. The zero-order valence-corrected chi connectivity index (χ0v) is 15.1. The molecule has 1 saturated heterocycles. The molecule has 1 aliphatic heterocycles. The van der Waals surface area contributed by atoms with Crippen LogP contribution in [0.25, 0.3) is 11.1 Å². The first-order valence-electron chi connectivity index (χ1n) is 9.23. The van der Waals surface area contributed by atoms with Gasteiger partial charge in [0, 0.05) is 30.4 Å². The van der Waals surface area contributed by atoms with Gasteiger partial charge in [-0.1, -0.05) is 26.0 Å².